The molecule has 1 unspecified atom stereocenters. The van der Waals surface area contributed by atoms with Gasteiger partial charge < -0.3 is 30.0 Å². The van der Waals surface area contributed by atoms with Crippen LogP contribution in [0.25, 0.3) is 0 Å². The Kier molecular flexibility index (Phi) is 8.16. The highest BCUT2D eigenvalue weighted by Crippen LogP contribution is 2.30. The van der Waals surface area contributed by atoms with Gasteiger partial charge in [-0.05, 0) is 26.7 Å². The molecule has 0 aliphatic rings. The third kappa shape index (κ3) is 5.82. The van der Waals surface area contributed by atoms with Gasteiger partial charge in [0, 0.05) is 5.41 Å². The minimum atomic E-state index is -1.10. The predicted molar refractivity (Wildman–Crippen MR) is 74.4 cm³/mol. The second kappa shape index (κ2) is 8.76. The van der Waals surface area contributed by atoms with Crippen LogP contribution in [0.3, 0.4) is 0 Å². The van der Waals surface area contributed by atoms with Gasteiger partial charge in [0.2, 0.25) is 0 Å². The molecule has 122 valence electrons. The van der Waals surface area contributed by atoms with Crippen LogP contribution in [0.5, 0.6) is 0 Å². The maximum Gasteiger partial charge on any atom is 0.334 e. The van der Waals surface area contributed by atoms with Crippen molar-refractivity contribution in [2.24, 2.45) is 10.8 Å². The number of aliphatic hydroxyl groups excluding tert-OH is 4. The number of hydrogen-bond donors (Lipinski definition) is 4. The van der Waals surface area contributed by atoms with Gasteiger partial charge in [0.1, 0.15) is 12.4 Å². The summed E-state index contributed by atoms with van der Waals surface area (Å²) in [5, 5.41) is 36.4. The number of rotatable bonds is 10. The van der Waals surface area contributed by atoms with E-state index in [2.05, 4.69) is 0 Å². The van der Waals surface area contributed by atoms with Crippen molar-refractivity contribution in [1.82, 2.24) is 0 Å². The molecule has 0 saturated heterocycles. The van der Waals surface area contributed by atoms with E-state index < -0.39 is 42.7 Å². The molecule has 0 aromatic carbocycles. The summed E-state index contributed by atoms with van der Waals surface area (Å²) in [5.74, 6) is -0.806. The zero-order valence-electron chi connectivity index (χ0n) is 12.4. The highest BCUT2D eigenvalue weighted by Gasteiger charge is 2.36. The average molecular weight is 304 g/mol. The predicted octanol–water partition coefficient (Wildman–Crippen LogP) is -0.0615. The summed E-state index contributed by atoms with van der Waals surface area (Å²) in [6.07, 6.45) is 1.50. The quantitative estimate of drug-likeness (QED) is 0.193. The van der Waals surface area contributed by atoms with Crippen molar-refractivity contribution in [3.05, 3.63) is 12.3 Å². The van der Waals surface area contributed by atoms with E-state index in [-0.39, 0.29) is 12.8 Å². The monoisotopic (exact) mass is 304 g/mol. The Morgan fingerprint density at radius 1 is 1.19 bits per heavy atom. The smallest absolute Gasteiger partial charge is 0.334 e. The third-order valence-electron chi connectivity index (χ3n) is 3.55. The molecular weight excluding hydrogens is 280 g/mol. The molecule has 0 amide bonds. The molecule has 0 aliphatic carbocycles. The highest BCUT2D eigenvalue weighted by molar-refractivity contribution is 5.82. The summed E-state index contributed by atoms with van der Waals surface area (Å²) in [5.41, 5.74) is -2.08. The van der Waals surface area contributed by atoms with Gasteiger partial charge in [0.15, 0.2) is 0 Å². The van der Waals surface area contributed by atoms with Crippen LogP contribution in [0.1, 0.15) is 26.7 Å². The number of aliphatic hydroxyl groups is 4. The number of carbonyl (C=O) groups is 2. The molecule has 0 bridgehead atoms. The Morgan fingerprint density at radius 2 is 1.71 bits per heavy atom. The van der Waals surface area contributed by atoms with Gasteiger partial charge in [-0.1, -0.05) is 0 Å². The Morgan fingerprint density at radius 3 is 2.10 bits per heavy atom. The van der Waals surface area contributed by atoms with Crippen molar-refractivity contribution in [2.45, 2.75) is 32.8 Å². The lowest BCUT2D eigenvalue weighted by Crippen LogP contribution is -2.39. The van der Waals surface area contributed by atoms with E-state index in [1.807, 2.05) is 0 Å². The molecule has 4 N–H and O–H groups in total. The lowest BCUT2D eigenvalue weighted by Gasteiger charge is -2.33. The van der Waals surface area contributed by atoms with Crippen molar-refractivity contribution in [2.75, 3.05) is 19.8 Å². The first-order valence-electron chi connectivity index (χ1n) is 6.61. The van der Waals surface area contributed by atoms with Crippen LogP contribution in [0, 0.1) is 10.8 Å². The van der Waals surface area contributed by atoms with Crippen molar-refractivity contribution in [3.8, 4) is 0 Å². The van der Waals surface area contributed by atoms with E-state index in [9.17, 15) is 24.9 Å². The normalized spacial score (nSPS) is 14.1. The summed E-state index contributed by atoms with van der Waals surface area (Å²) in [6.45, 7) is 1.87. The van der Waals surface area contributed by atoms with Crippen molar-refractivity contribution in [1.29, 1.82) is 0 Å². The molecule has 0 aromatic heterocycles. The fraction of sp³-hybridized carbons (Fsp3) is 0.714. The number of carbonyl (C=O) groups excluding carboxylic acids is 2. The maximum absolute atomic E-state index is 11.4. The van der Waals surface area contributed by atoms with Crippen LogP contribution in [-0.2, 0) is 14.3 Å². The van der Waals surface area contributed by atoms with Crippen molar-refractivity contribution in [3.63, 3.8) is 0 Å². The molecule has 21 heavy (non-hydrogen) atoms. The number of ether oxygens (including phenoxy) is 1. The number of esters is 1. The fourth-order valence-corrected chi connectivity index (χ4v) is 1.72. The lowest BCUT2D eigenvalue weighted by atomic mass is 9.79. The fourth-order valence-electron chi connectivity index (χ4n) is 1.72. The van der Waals surface area contributed by atoms with Gasteiger partial charge in [0.25, 0.3) is 0 Å². The van der Waals surface area contributed by atoms with E-state index in [1.165, 1.54) is 0 Å². The van der Waals surface area contributed by atoms with Gasteiger partial charge in [-0.15, -0.1) is 0 Å². The lowest BCUT2D eigenvalue weighted by molar-refractivity contribution is -0.152. The Balaban J connectivity index is 4.99. The van der Waals surface area contributed by atoms with E-state index in [1.54, 1.807) is 13.8 Å². The van der Waals surface area contributed by atoms with Crippen LogP contribution < -0.4 is 0 Å². The van der Waals surface area contributed by atoms with Crippen LogP contribution in [-0.4, -0.2) is 58.6 Å². The first-order valence-corrected chi connectivity index (χ1v) is 6.61. The molecule has 0 aliphatic heterocycles. The standard InChI is InChI=1S/C14H24O7/c1-13(2,7-16)11(21-12(20)4-6-15)3-5-14(8-17,9-18)10-19/h4,6-7,11,15,17-19H,3,5,8-10H2,1-2H3. The molecule has 7 nitrogen and oxygen atoms in total. The molecule has 7 heteroatoms. The molecule has 0 radical (unpaired) electrons. The minimum Gasteiger partial charge on any atom is -0.515 e. The first kappa shape index (κ1) is 19.6. The van der Waals surface area contributed by atoms with Gasteiger partial charge in [-0.25, -0.2) is 4.79 Å². The largest absolute Gasteiger partial charge is 0.515 e. The zero-order chi connectivity index (χ0) is 16.5. The molecule has 0 heterocycles. The van der Waals surface area contributed by atoms with E-state index >= 15 is 0 Å². The second-order valence-corrected chi connectivity index (χ2v) is 5.69. The van der Waals surface area contributed by atoms with Gasteiger partial charge >= 0.3 is 5.97 Å². The summed E-state index contributed by atoms with van der Waals surface area (Å²) < 4.78 is 5.11. The maximum atomic E-state index is 11.4. The van der Waals surface area contributed by atoms with Crippen molar-refractivity contribution < 1.29 is 34.8 Å². The molecule has 0 rings (SSSR count). The Bertz CT molecular complexity index is 350. The van der Waals surface area contributed by atoms with Gasteiger partial charge in [-0.2, -0.15) is 0 Å². The van der Waals surface area contributed by atoms with Crippen molar-refractivity contribution >= 4 is 12.3 Å². The Hall–Kier alpha value is -1.44. The molecule has 0 spiro atoms. The second-order valence-electron chi connectivity index (χ2n) is 5.69. The molecule has 1 atom stereocenters. The highest BCUT2D eigenvalue weighted by atomic mass is 16.5. The van der Waals surface area contributed by atoms with E-state index in [0.717, 1.165) is 6.08 Å². The number of aldehydes is 1. The summed E-state index contributed by atoms with van der Waals surface area (Å²) in [4.78, 5) is 22.5. The summed E-state index contributed by atoms with van der Waals surface area (Å²) in [7, 11) is 0. The molecule has 0 aromatic rings. The minimum absolute atomic E-state index is 0.161. The van der Waals surface area contributed by atoms with Gasteiger partial charge in [-0.3, -0.25) is 0 Å². The third-order valence-corrected chi connectivity index (χ3v) is 3.55. The van der Waals surface area contributed by atoms with Crippen LogP contribution in [0.2, 0.25) is 0 Å². The molecule has 0 saturated carbocycles. The van der Waals surface area contributed by atoms with Crippen LogP contribution in [0.15, 0.2) is 12.3 Å². The molecule has 0 fully saturated rings. The summed E-state index contributed by atoms with van der Waals surface area (Å²) in [6, 6.07) is 0. The van der Waals surface area contributed by atoms with E-state index in [0.29, 0.717) is 12.5 Å². The molecular formula is C14H24O7. The first-order chi connectivity index (χ1) is 9.80. The van der Waals surface area contributed by atoms with E-state index in [4.69, 9.17) is 9.84 Å². The topological polar surface area (TPSA) is 124 Å². The SMILES string of the molecule is CC(C)(C=O)C(CCC(CO)(CO)CO)OC(=O)C=CO. The zero-order valence-corrected chi connectivity index (χ0v) is 12.4. The summed E-state index contributed by atoms with van der Waals surface area (Å²) >= 11 is 0. The average Bonchev–Trinajstić information content (AvgIpc) is 2.48. The van der Waals surface area contributed by atoms with Gasteiger partial charge in [0.05, 0.1) is 37.6 Å². The Labute approximate surface area is 123 Å². The van der Waals surface area contributed by atoms with Crippen LogP contribution in [0.4, 0.5) is 0 Å². The van der Waals surface area contributed by atoms with Crippen LogP contribution >= 0.6 is 0 Å². The number of hydrogen-bond acceptors (Lipinski definition) is 7.